The van der Waals surface area contributed by atoms with Crippen molar-refractivity contribution >= 4 is 11.6 Å². The number of ether oxygens (including phenoxy) is 1. The summed E-state index contributed by atoms with van der Waals surface area (Å²) < 4.78 is 24.7. The third kappa shape index (κ3) is 1.79. The van der Waals surface area contributed by atoms with Crippen molar-refractivity contribution in [1.82, 2.24) is 0 Å². The molecule has 0 saturated carbocycles. The van der Waals surface area contributed by atoms with Gasteiger partial charge in [-0.25, -0.2) is 4.39 Å². The number of anilines is 1. The number of carbonyl (C=O) groups is 1. The van der Waals surface area contributed by atoms with E-state index < -0.39 is 40.8 Å². The van der Waals surface area contributed by atoms with Crippen LogP contribution in [0.3, 0.4) is 0 Å². The summed E-state index contributed by atoms with van der Waals surface area (Å²) in [6.45, 7) is -0.628. The Balaban J connectivity index is 2.20. The zero-order chi connectivity index (χ0) is 18.6. The molecule has 0 aliphatic carbocycles. The number of benzene rings is 1. The van der Waals surface area contributed by atoms with E-state index in [-0.39, 0.29) is 28.3 Å². The van der Waals surface area contributed by atoms with Crippen molar-refractivity contribution in [2.45, 2.75) is 12.0 Å². The van der Waals surface area contributed by atoms with Gasteiger partial charge in [-0.1, -0.05) is 0 Å². The number of hydrogen-bond acceptors (Lipinski definition) is 7. The summed E-state index contributed by atoms with van der Waals surface area (Å²) in [5, 5.41) is 21.5. The number of aliphatic hydroxyl groups excluding tert-OH is 1. The molecule has 0 bridgehead atoms. The molecule has 4 rings (SSSR count). The van der Waals surface area contributed by atoms with Gasteiger partial charge >= 0.3 is 0 Å². The number of nitriles is 1. The van der Waals surface area contributed by atoms with Crippen LogP contribution in [0.5, 0.6) is 5.75 Å². The number of rotatable bonds is 1. The summed E-state index contributed by atoms with van der Waals surface area (Å²) >= 11 is 0. The molecule has 130 valence electrons. The van der Waals surface area contributed by atoms with Crippen molar-refractivity contribution in [3.63, 3.8) is 0 Å². The SMILES string of the molecule is N#CC1=C(N)Oc2c(oc(CO)cc2=O)[C@]12C(=O)Nc1ccc(F)cc12. The minimum Gasteiger partial charge on any atom is -0.457 e. The average molecular weight is 355 g/mol. The molecule has 9 heteroatoms. The van der Waals surface area contributed by atoms with Crippen LogP contribution in [0.4, 0.5) is 10.1 Å². The minimum atomic E-state index is -1.99. The molecule has 1 atom stereocenters. The van der Waals surface area contributed by atoms with Gasteiger partial charge in [0.05, 0.1) is 0 Å². The van der Waals surface area contributed by atoms with Crippen LogP contribution in [-0.2, 0) is 16.8 Å². The molecule has 1 aromatic carbocycles. The lowest BCUT2D eigenvalue weighted by Crippen LogP contribution is -2.43. The lowest BCUT2D eigenvalue weighted by molar-refractivity contribution is -0.119. The van der Waals surface area contributed by atoms with Gasteiger partial charge in [-0.15, -0.1) is 0 Å². The highest BCUT2D eigenvalue weighted by molar-refractivity contribution is 6.12. The van der Waals surface area contributed by atoms with Crippen LogP contribution in [-0.4, -0.2) is 11.0 Å². The number of fused-ring (bicyclic) bond motifs is 4. The fraction of sp³-hybridized carbons (Fsp3) is 0.118. The lowest BCUT2D eigenvalue weighted by atomic mass is 9.72. The summed E-state index contributed by atoms with van der Waals surface area (Å²) in [6.07, 6.45) is 0. The number of nitrogens with two attached hydrogens (primary N) is 1. The van der Waals surface area contributed by atoms with Gasteiger partial charge in [0.15, 0.2) is 11.2 Å². The number of nitrogens with one attached hydrogen (secondary N) is 1. The average Bonchev–Trinajstić information content (AvgIpc) is 2.89. The number of halogens is 1. The molecule has 1 spiro atoms. The fourth-order valence-corrected chi connectivity index (χ4v) is 3.30. The minimum absolute atomic E-state index is 0.0600. The molecule has 0 unspecified atom stereocenters. The summed E-state index contributed by atoms with van der Waals surface area (Å²) in [4.78, 5) is 25.3. The maximum absolute atomic E-state index is 13.9. The van der Waals surface area contributed by atoms with E-state index in [1.165, 1.54) is 6.07 Å². The standard InChI is InChI=1S/C17H10FN3O5/c18-7-1-2-11-9(3-7)17(16(24)21-11)10(5-19)15(20)26-13-12(23)4-8(6-22)25-14(13)17/h1-4,22H,6,20H2,(H,21,24)/t17-/m1/s1. The molecule has 26 heavy (non-hydrogen) atoms. The summed E-state index contributed by atoms with van der Waals surface area (Å²) in [7, 11) is 0. The predicted molar refractivity (Wildman–Crippen MR) is 84.2 cm³/mol. The van der Waals surface area contributed by atoms with E-state index in [0.717, 1.165) is 18.2 Å². The van der Waals surface area contributed by atoms with Crippen molar-refractivity contribution in [2.75, 3.05) is 5.32 Å². The Morgan fingerprint density at radius 2 is 2.12 bits per heavy atom. The van der Waals surface area contributed by atoms with Crippen molar-refractivity contribution in [1.29, 1.82) is 5.26 Å². The van der Waals surface area contributed by atoms with E-state index >= 15 is 0 Å². The first-order valence-electron chi connectivity index (χ1n) is 7.41. The maximum Gasteiger partial charge on any atom is 0.248 e. The van der Waals surface area contributed by atoms with Crippen LogP contribution >= 0.6 is 0 Å². The van der Waals surface area contributed by atoms with Gasteiger partial charge in [-0.3, -0.25) is 9.59 Å². The maximum atomic E-state index is 13.9. The second kappa shape index (κ2) is 5.18. The Kier molecular flexibility index (Phi) is 3.16. The van der Waals surface area contributed by atoms with Crippen LogP contribution in [0, 0.1) is 17.1 Å². The van der Waals surface area contributed by atoms with Crippen LogP contribution in [0.15, 0.2) is 44.9 Å². The highest BCUT2D eigenvalue weighted by atomic mass is 19.1. The Morgan fingerprint density at radius 1 is 1.35 bits per heavy atom. The largest absolute Gasteiger partial charge is 0.457 e. The molecular formula is C17H10FN3O5. The molecule has 1 amide bonds. The van der Waals surface area contributed by atoms with E-state index in [4.69, 9.17) is 14.9 Å². The van der Waals surface area contributed by atoms with E-state index in [9.17, 15) is 24.3 Å². The van der Waals surface area contributed by atoms with E-state index in [1.807, 2.05) is 0 Å². The number of carbonyl (C=O) groups excluding carboxylic acids is 1. The zero-order valence-electron chi connectivity index (χ0n) is 13.0. The zero-order valence-corrected chi connectivity index (χ0v) is 13.0. The summed E-state index contributed by atoms with van der Waals surface area (Å²) in [5.41, 5.74) is 3.05. The molecule has 1 aromatic heterocycles. The quantitative estimate of drug-likeness (QED) is 0.680. The first-order valence-corrected chi connectivity index (χ1v) is 7.41. The normalized spacial score (nSPS) is 20.3. The van der Waals surface area contributed by atoms with Gasteiger partial charge in [0.25, 0.3) is 0 Å². The Hall–Kier alpha value is -3.64. The molecule has 2 aliphatic heterocycles. The van der Waals surface area contributed by atoms with Gasteiger partial charge in [0.2, 0.25) is 23.0 Å². The molecule has 3 heterocycles. The van der Waals surface area contributed by atoms with E-state index in [0.29, 0.717) is 0 Å². The van der Waals surface area contributed by atoms with Crippen molar-refractivity contribution in [3.05, 3.63) is 68.8 Å². The first kappa shape index (κ1) is 15.9. The van der Waals surface area contributed by atoms with Gasteiger partial charge in [-0.05, 0) is 18.2 Å². The Bertz CT molecular complexity index is 1110. The second-order valence-corrected chi connectivity index (χ2v) is 5.74. The number of amides is 1. The molecule has 8 nitrogen and oxygen atoms in total. The number of hydrogen-bond donors (Lipinski definition) is 3. The van der Waals surface area contributed by atoms with Gasteiger partial charge in [0.1, 0.15) is 29.8 Å². The van der Waals surface area contributed by atoms with Crippen LogP contribution in [0.2, 0.25) is 0 Å². The first-order chi connectivity index (χ1) is 12.4. The molecule has 2 aromatic rings. The summed E-state index contributed by atoms with van der Waals surface area (Å²) in [5.74, 6) is -2.75. The van der Waals surface area contributed by atoms with Crippen LogP contribution < -0.4 is 21.2 Å². The molecule has 0 radical (unpaired) electrons. The lowest BCUT2D eigenvalue weighted by Gasteiger charge is -2.31. The van der Waals surface area contributed by atoms with E-state index in [2.05, 4.69) is 5.32 Å². The van der Waals surface area contributed by atoms with Crippen LogP contribution in [0.1, 0.15) is 17.1 Å². The van der Waals surface area contributed by atoms with Crippen LogP contribution in [0.25, 0.3) is 0 Å². The van der Waals surface area contributed by atoms with Crippen molar-refractivity contribution in [3.8, 4) is 11.8 Å². The van der Waals surface area contributed by atoms with Crippen molar-refractivity contribution in [2.24, 2.45) is 5.73 Å². The number of nitrogens with zero attached hydrogens (tertiary/aromatic N) is 1. The monoisotopic (exact) mass is 355 g/mol. The molecule has 4 N–H and O–H groups in total. The van der Waals surface area contributed by atoms with E-state index in [1.54, 1.807) is 6.07 Å². The molecule has 2 aliphatic rings. The Labute approximate surface area is 144 Å². The third-order valence-electron chi connectivity index (χ3n) is 4.37. The topological polar surface area (TPSA) is 139 Å². The number of aliphatic hydroxyl groups is 1. The molecule has 0 saturated heterocycles. The predicted octanol–water partition coefficient (Wildman–Crippen LogP) is 0.596. The van der Waals surface area contributed by atoms with Gasteiger partial charge in [-0.2, -0.15) is 5.26 Å². The van der Waals surface area contributed by atoms with Crippen molar-refractivity contribution < 1.29 is 23.4 Å². The highest BCUT2D eigenvalue weighted by Crippen LogP contribution is 2.52. The van der Waals surface area contributed by atoms with Gasteiger partial charge in [0, 0.05) is 17.3 Å². The van der Waals surface area contributed by atoms with Gasteiger partial charge < -0.3 is 25.3 Å². The highest BCUT2D eigenvalue weighted by Gasteiger charge is 2.59. The summed E-state index contributed by atoms with van der Waals surface area (Å²) in [6, 6.07) is 6.30. The second-order valence-electron chi connectivity index (χ2n) is 5.74. The Morgan fingerprint density at radius 3 is 2.81 bits per heavy atom. The smallest absolute Gasteiger partial charge is 0.248 e. The molecular weight excluding hydrogens is 345 g/mol. The molecule has 0 fully saturated rings. The fourth-order valence-electron chi connectivity index (χ4n) is 3.30. The third-order valence-corrected chi connectivity index (χ3v) is 4.37.